The molecule has 0 saturated carbocycles. The standard InChI is InChI=1S/C20H21N3O2S/c1-14-8-9-18(26-14)20(25)22-10-5-11-23-16(13-22)12-17(21-23)19(24)15-6-3-2-4-7-15/h2-4,6-9,12,19,24H,5,10-11,13H2,1H3. The largest absolute Gasteiger partial charge is 0.382 e. The van der Waals surface area contributed by atoms with Crippen LogP contribution in [0.2, 0.25) is 0 Å². The molecule has 4 rings (SSSR count). The molecule has 3 aromatic rings. The van der Waals surface area contributed by atoms with Gasteiger partial charge in [-0.25, -0.2) is 0 Å². The molecule has 1 aromatic carbocycles. The van der Waals surface area contributed by atoms with Crippen LogP contribution in [0.3, 0.4) is 0 Å². The fraction of sp³-hybridized carbons (Fsp3) is 0.300. The van der Waals surface area contributed by atoms with Gasteiger partial charge >= 0.3 is 0 Å². The highest BCUT2D eigenvalue weighted by Crippen LogP contribution is 2.25. The van der Waals surface area contributed by atoms with Gasteiger partial charge in [0.2, 0.25) is 0 Å². The molecular weight excluding hydrogens is 346 g/mol. The van der Waals surface area contributed by atoms with Gasteiger partial charge in [0, 0.05) is 18.0 Å². The molecule has 5 nitrogen and oxygen atoms in total. The van der Waals surface area contributed by atoms with Crippen LogP contribution in [0.5, 0.6) is 0 Å². The molecule has 1 amide bonds. The molecule has 0 saturated heterocycles. The van der Waals surface area contributed by atoms with Gasteiger partial charge in [0.15, 0.2) is 0 Å². The zero-order valence-corrected chi connectivity index (χ0v) is 15.4. The summed E-state index contributed by atoms with van der Waals surface area (Å²) >= 11 is 1.53. The van der Waals surface area contributed by atoms with E-state index < -0.39 is 6.10 Å². The van der Waals surface area contributed by atoms with Gasteiger partial charge in [0.05, 0.1) is 22.8 Å². The first-order chi connectivity index (χ1) is 12.6. The molecule has 26 heavy (non-hydrogen) atoms. The normalized spacial score (nSPS) is 15.4. The Bertz CT molecular complexity index is 916. The van der Waals surface area contributed by atoms with Crippen LogP contribution in [0.1, 0.15) is 44.0 Å². The van der Waals surface area contributed by atoms with Gasteiger partial charge in [0.25, 0.3) is 5.91 Å². The third-order valence-corrected chi connectivity index (χ3v) is 5.66. The van der Waals surface area contributed by atoms with Crippen molar-refractivity contribution in [1.82, 2.24) is 14.7 Å². The zero-order chi connectivity index (χ0) is 18.1. The second-order valence-corrected chi connectivity index (χ2v) is 7.88. The van der Waals surface area contributed by atoms with E-state index >= 15 is 0 Å². The Morgan fingerprint density at radius 1 is 1.19 bits per heavy atom. The molecule has 1 aliphatic rings. The molecule has 6 heteroatoms. The maximum atomic E-state index is 12.8. The second-order valence-electron chi connectivity index (χ2n) is 6.59. The van der Waals surface area contributed by atoms with Crippen molar-refractivity contribution >= 4 is 17.2 Å². The number of aliphatic hydroxyl groups is 1. The first kappa shape index (κ1) is 17.0. The molecule has 0 bridgehead atoms. The van der Waals surface area contributed by atoms with E-state index in [0.717, 1.165) is 40.5 Å². The molecular formula is C20H21N3O2S. The predicted octanol–water partition coefficient (Wildman–Crippen LogP) is 3.38. The summed E-state index contributed by atoms with van der Waals surface area (Å²) in [6.45, 7) is 4.00. The van der Waals surface area contributed by atoms with Crippen LogP contribution in [0.4, 0.5) is 0 Å². The highest BCUT2D eigenvalue weighted by Gasteiger charge is 2.24. The molecule has 2 aromatic heterocycles. The number of benzene rings is 1. The van der Waals surface area contributed by atoms with Crippen LogP contribution < -0.4 is 0 Å². The van der Waals surface area contributed by atoms with Crippen molar-refractivity contribution in [3.05, 3.63) is 75.2 Å². The number of carbonyl (C=O) groups excluding carboxylic acids is 1. The first-order valence-corrected chi connectivity index (χ1v) is 9.59. The van der Waals surface area contributed by atoms with E-state index in [4.69, 9.17) is 0 Å². The summed E-state index contributed by atoms with van der Waals surface area (Å²) in [5.41, 5.74) is 2.42. The Kier molecular flexibility index (Phi) is 4.61. The van der Waals surface area contributed by atoms with E-state index in [0.29, 0.717) is 12.2 Å². The predicted molar refractivity (Wildman–Crippen MR) is 101 cm³/mol. The summed E-state index contributed by atoms with van der Waals surface area (Å²) < 4.78 is 1.93. The number of carbonyl (C=O) groups is 1. The average Bonchev–Trinajstić information content (AvgIpc) is 3.22. The summed E-state index contributed by atoms with van der Waals surface area (Å²) in [6, 6.07) is 15.3. The van der Waals surface area contributed by atoms with Crippen molar-refractivity contribution in [2.45, 2.75) is 32.5 Å². The summed E-state index contributed by atoms with van der Waals surface area (Å²) in [6.07, 6.45) is 0.103. The molecule has 1 atom stereocenters. The van der Waals surface area contributed by atoms with E-state index in [9.17, 15) is 9.90 Å². The molecule has 0 radical (unpaired) electrons. The van der Waals surface area contributed by atoms with Gasteiger partial charge in [-0.2, -0.15) is 5.10 Å². The number of fused-ring (bicyclic) bond motifs is 1. The number of nitrogens with zero attached hydrogens (tertiary/aromatic N) is 3. The molecule has 1 N–H and O–H groups in total. The number of hydrogen-bond donors (Lipinski definition) is 1. The lowest BCUT2D eigenvalue weighted by Crippen LogP contribution is -2.30. The molecule has 134 valence electrons. The minimum atomic E-state index is -0.750. The van der Waals surface area contributed by atoms with Crippen LogP contribution in [0.15, 0.2) is 48.5 Å². The summed E-state index contributed by atoms with van der Waals surface area (Å²) in [5, 5.41) is 15.2. The Balaban J connectivity index is 1.57. The topological polar surface area (TPSA) is 58.4 Å². The third-order valence-electron chi connectivity index (χ3n) is 4.67. The van der Waals surface area contributed by atoms with E-state index in [1.165, 1.54) is 11.3 Å². The third kappa shape index (κ3) is 3.30. The fourth-order valence-electron chi connectivity index (χ4n) is 3.30. The van der Waals surface area contributed by atoms with Gasteiger partial charge in [-0.1, -0.05) is 30.3 Å². The van der Waals surface area contributed by atoms with E-state index in [1.807, 2.05) is 65.0 Å². The highest BCUT2D eigenvalue weighted by atomic mass is 32.1. The minimum Gasteiger partial charge on any atom is -0.382 e. The van der Waals surface area contributed by atoms with E-state index in [-0.39, 0.29) is 5.91 Å². The summed E-state index contributed by atoms with van der Waals surface area (Å²) in [4.78, 5) is 16.6. The number of thiophene rings is 1. The van der Waals surface area contributed by atoms with Crippen molar-refractivity contribution < 1.29 is 9.90 Å². The lowest BCUT2D eigenvalue weighted by molar-refractivity contribution is 0.0750. The molecule has 3 heterocycles. The van der Waals surface area contributed by atoms with Crippen LogP contribution in [0, 0.1) is 6.92 Å². The number of aryl methyl sites for hydroxylation is 2. The monoisotopic (exact) mass is 367 g/mol. The minimum absolute atomic E-state index is 0.0721. The second kappa shape index (κ2) is 7.05. The fourth-order valence-corrected chi connectivity index (χ4v) is 4.14. The van der Waals surface area contributed by atoms with Crippen LogP contribution in [0.25, 0.3) is 0 Å². The van der Waals surface area contributed by atoms with Gasteiger partial charge < -0.3 is 10.0 Å². The van der Waals surface area contributed by atoms with Crippen molar-refractivity contribution in [3.8, 4) is 0 Å². The number of amides is 1. The summed E-state index contributed by atoms with van der Waals surface area (Å²) in [5.74, 6) is 0.0721. The number of rotatable bonds is 3. The van der Waals surface area contributed by atoms with Gasteiger partial charge in [-0.3, -0.25) is 9.48 Å². The maximum absolute atomic E-state index is 12.8. The van der Waals surface area contributed by atoms with Gasteiger partial charge in [-0.05, 0) is 37.1 Å². The zero-order valence-electron chi connectivity index (χ0n) is 14.6. The lowest BCUT2D eigenvalue weighted by atomic mass is 10.1. The van der Waals surface area contributed by atoms with Gasteiger partial charge in [0.1, 0.15) is 6.10 Å². The van der Waals surface area contributed by atoms with Crippen LogP contribution in [-0.4, -0.2) is 32.2 Å². The first-order valence-electron chi connectivity index (χ1n) is 8.77. The molecule has 0 spiro atoms. The van der Waals surface area contributed by atoms with E-state index in [2.05, 4.69) is 5.10 Å². The number of aliphatic hydroxyl groups excluding tert-OH is 1. The Hall–Kier alpha value is -2.44. The molecule has 0 fully saturated rings. The quantitative estimate of drug-likeness (QED) is 0.772. The van der Waals surface area contributed by atoms with Crippen LogP contribution in [-0.2, 0) is 13.1 Å². The Labute approximate surface area is 156 Å². The number of hydrogen-bond acceptors (Lipinski definition) is 4. The molecule has 0 aliphatic carbocycles. The van der Waals surface area contributed by atoms with Crippen LogP contribution >= 0.6 is 11.3 Å². The highest BCUT2D eigenvalue weighted by molar-refractivity contribution is 7.13. The van der Waals surface area contributed by atoms with Crippen molar-refractivity contribution in [2.75, 3.05) is 6.54 Å². The van der Waals surface area contributed by atoms with Crippen molar-refractivity contribution in [1.29, 1.82) is 0 Å². The lowest BCUT2D eigenvalue weighted by Gasteiger charge is -2.19. The summed E-state index contributed by atoms with van der Waals surface area (Å²) in [7, 11) is 0. The maximum Gasteiger partial charge on any atom is 0.264 e. The SMILES string of the molecule is Cc1ccc(C(=O)N2CCCn3nc(C(O)c4ccccc4)cc3C2)s1. The molecule has 1 aliphatic heterocycles. The number of aromatic nitrogens is 2. The van der Waals surface area contributed by atoms with E-state index in [1.54, 1.807) is 0 Å². The average molecular weight is 367 g/mol. The Morgan fingerprint density at radius 3 is 2.73 bits per heavy atom. The van der Waals surface area contributed by atoms with Gasteiger partial charge in [-0.15, -0.1) is 11.3 Å². The van der Waals surface area contributed by atoms with Crippen molar-refractivity contribution in [3.63, 3.8) is 0 Å². The molecule has 1 unspecified atom stereocenters. The smallest absolute Gasteiger partial charge is 0.264 e. The van der Waals surface area contributed by atoms with Crippen molar-refractivity contribution in [2.24, 2.45) is 0 Å². The Morgan fingerprint density at radius 2 is 2.00 bits per heavy atom.